The van der Waals surface area contributed by atoms with E-state index in [0.717, 1.165) is 22.5 Å². The van der Waals surface area contributed by atoms with E-state index in [2.05, 4.69) is 26.1 Å². The van der Waals surface area contributed by atoms with E-state index in [-0.39, 0.29) is 29.7 Å². The zero-order valence-electron chi connectivity index (χ0n) is 21.3. The Morgan fingerprint density at radius 3 is 2.21 bits per heavy atom. The van der Waals surface area contributed by atoms with Crippen LogP contribution in [0.25, 0.3) is 5.69 Å². The average molecular weight is 461 g/mol. The van der Waals surface area contributed by atoms with Crippen LogP contribution in [0.5, 0.6) is 0 Å². The predicted molar refractivity (Wildman–Crippen MR) is 138 cm³/mol. The molecule has 0 aliphatic carbocycles. The van der Waals surface area contributed by atoms with Gasteiger partial charge in [0.05, 0.1) is 11.4 Å². The molecule has 3 rings (SSSR count). The fourth-order valence-corrected chi connectivity index (χ4v) is 3.82. The van der Waals surface area contributed by atoms with E-state index in [1.54, 1.807) is 9.58 Å². The SMILES string of the molecule is Cc1ccccc1C(=O)N(CC(=O)Nc1cc(C(C)(C)C)nn1-c1ccccc1C)CC(C)C. The molecule has 3 aromatic rings. The van der Waals surface area contributed by atoms with Gasteiger partial charge < -0.3 is 10.2 Å². The Kier molecular flexibility index (Phi) is 7.60. The fourth-order valence-electron chi connectivity index (χ4n) is 3.82. The molecule has 180 valence electrons. The van der Waals surface area contributed by atoms with Gasteiger partial charge in [0.1, 0.15) is 12.4 Å². The van der Waals surface area contributed by atoms with Crippen molar-refractivity contribution in [1.29, 1.82) is 0 Å². The lowest BCUT2D eigenvalue weighted by atomic mass is 9.92. The summed E-state index contributed by atoms with van der Waals surface area (Å²) < 4.78 is 1.78. The van der Waals surface area contributed by atoms with Gasteiger partial charge in [-0.25, -0.2) is 4.68 Å². The van der Waals surface area contributed by atoms with Crippen molar-refractivity contribution in [3.05, 3.63) is 77.0 Å². The summed E-state index contributed by atoms with van der Waals surface area (Å²) in [6.45, 7) is 14.7. The van der Waals surface area contributed by atoms with E-state index in [0.29, 0.717) is 17.9 Å². The van der Waals surface area contributed by atoms with Crippen LogP contribution in [-0.4, -0.2) is 39.6 Å². The number of para-hydroxylation sites is 1. The highest BCUT2D eigenvalue weighted by Crippen LogP contribution is 2.27. The lowest BCUT2D eigenvalue weighted by Crippen LogP contribution is -2.40. The van der Waals surface area contributed by atoms with Crippen LogP contribution in [0, 0.1) is 19.8 Å². The number of carbonyl (C=O) groups excluding carboxylic acids is 2. The summed E-state index contributed by atoms with van der Waals surface area (Å²) in [5, 5.41) is 7.83. The molecular weight excluding hydrogens is 424 g/mol. The standard InChI is InChI=1S/C28H36N4O2/c1-19(2)17-31(27(34)22-14-10-8-12-20(22)3)18-26(33)29-25-16-24(28(5,6)7)30-32(25)23-15-11-9-13-21(23)4/h8-16,19H,17-18H2,1-7H3,(H,29,33). The smallest absolute Gasteiger partial charge is 0.254 e. The second-order valence-electron chi connectivity index (χ2n) is 10.3. The maximum Gasteiger partial charge on any atom is 0.254 e. The number of benzene rings is 2. The minimum atomic E-state index is -0.252. The average Bonchev–Trinajstić information content (AvgIpc) is 3.17. The molecule has 6 nitrogen and oxygen atoms in total. The van der Waals surface area contributed by atoms with Gasteiger partial charge in [0.15, 0.2) is 0 Å². The van der Waals surface area contributed by atoms with E-state index in [4.69, 9.17) is 5.10 Å². The van der Waals surface area contributed by atoms with Crippen molar-refractivity contribution in [2.75, 3.05) is 18.4 Å². The van der Waals surface area contributed by atoms with E-state index in [1.807, 2.05) is 82.3 Å². The molecule has 2 amide bonds. The summed E-state index contributed by atoms with van der Waals surface area (Å²) in [6, 6.07) is 17.3. The van der Waals surface area contributed by atoms with Crippen molar-refractivity contribution in [3.8, 4) is 5.69 Å². The molecule has 0 saturated carbocycles. The van der Waals surface area contributed by atoms with Crippen molar-refractivity contribution in [1.82, 2.24) is 14.7 Å². The number of nitrogens with one attached hydrogen (secondary N) is 1. The number of hydrogen-bond acceptors (Lipinski definition) is 3. The molecule has 1 aromatic heterocycles. The van der Waals surface area contributed by atoms with E-state index in [1.165, 1.54) is 0 Å². The predicted octanol–water partition coefficient (Wildman–Crippen LogP) is 5.52. The second kappa shape index (κ2) is 10.2. The van der Waals surface area contributed by atoms with Crippen LogP contribution >= 0.6 is 0 Å². The Labute approximate surface area is 203 Å². The number of rotatable bonds is 7. The van der Waals surface area contributed by atoms with Gasteiger partial charge in [0, 0.05) is 23.6 Å². The number of hydrogen-bond donors (Lipinski definition) is 1. The van der Waals surface area contributed by atoms with Crippen molar-refractivity contribution >= 4 is 17.6 Å². The van der Waals surface area contributed by atoms with Crippen LogP contribution < -0.4 is 5.32 Å². The Morgan fingerprint density at radius 1 is 1.00 bits per heavy atom. The number of aromatic nitrogens is 2. The molecule has 0 bridgehead atoms. The van der Waals surface area contributed by atoms with Gasteiger partial charge >= 0.3 is 0 Å². The molecule has 0 radical (unpaired) electrons. The molecule has 0 atom stereocenters. The van der Waals surface area contributed by atoms with Crippen LogP contribution in [-0.2, 0) is 10.2 Å². The first kappa shape index (κ1) is 25.2. The first-order chi connectivity index (χ1) is 16.0. The van der Waals surface area contributed by atoms with Crippen molar-refractivity contribution in [2.45, 2.75) is 53.9 Å². The molecule has 0 spiro atoms. The summed E-state index contributed by atoms with van der Waals surface area (Å²) >= 11 is 0. The van der Waals surface area contributed by atoms with Crippen molar-refractivity contribution < 1.29 is 9.59 Å². The summed E-state index contributed by atoms with van der Waals surface area (Å²) in [4.78, 5) is 28.1. The Hall–Kier alpha value is -3.41. The highest BCUT2D eigenvalue weighted by Gasteiger charge is 2.24. The first-order valence-corrected chi connectivity index (χ1v) is 11.8. The lowest BCUT2D eigenvalue weighted by Gasteiger charge is -2.25. The third-order valence-electron chi connectivity index (χ3n) is 5.67. The number of carbonyl (C=O) groups is 2. The third kappa shape index (κ3) is 5.93. The molecule has 0 aliphatic heterocycles. The normalized spacial score (nSPS) is 11.5. The van der Waals surface area contributed by atoms with E-state index < -0.39 is 0 Å². The third-order valence-corrected chi connectivity index (χ3v) is 5.67. The fraction of sp³-hybridized carbons (Fsp3) is 0.393. The molecule has 0 saturated heterocycles. The summed E-state index contributed by atoms with van der Waals surface area (Å²) in [5.41, 5.74) is 4.17. The van der Waals surface area contributed by atoms with Crippen LogP contribution in [0.15, 0.2) is 54.6 Å². The number of anilines is 1. The Balaban J connectivity index is 1.90. The molecule has 1 heterocycles. The summed E-state index contributed by atoms with van der Waals surface area (Å²) in [6.07, 6.45) is 0. The van der Waals surface area contributed by atoms with Crippen molar-refractivity contribution in [2.24, 2.45) is 5.92 Å². The molecule has 1 N–H and O–H groups in total. The molecule has 0 fully saturated rings. The van der Waals surface area contributed by atoms with Gasteiger partial charge in [0.2, 0.25) is 5.91 Å². The van der Waals surface area contributed by atoms with Gasteiger partial charge in [-0.2, -0.15) is 5.10 Å². The first-order valence-electron chi connectivity index (χ1n) is 11.8. The molecular formula is C28H36N4O2. The molecule has 2 aromatic carbocycles. The van der Waals surface area contributed by atoms with Gasteiger partial charge in [-0.1, -0.05) is 71.0 Å². The number of aryl methyl sites for hydroxylation is 2. The molecule has 6 heteroatoms. The Morgan fingerprint density at radius 2 is 1.62 bits per heavy atom. The van der Waals surface area contributed by atoms with E-state index >= 15 is 0 Å². The maximum absolute atomic E-state index is 13.3. The lowest BCUT2D eigenvalue weighted by molar-refractivity contribution is -0.117. The zero-order chi connectivity index (χ0) is 25.0. The second-order valence-corrected chi connectivity index (χ2v) is 10.3. The van der Waals surface area contributed by atoms with Gasteiger partial charge in [-0.15, -0.1) is 0 Å². The molecule has 0 aliphatic rings. The van der Waals surface area contributed by atoms with Crippen LogP contribution in [0.2, 0.25) is 0 Å². The monoisotopic (exact) mass is 460 g/mol. The van der Waals surface area contributed by atoms with Gasteiger partial charge in [-0.05, 0) is 43.0 Å². The quantitative estimate of drug-likeness (QED) is 0.505. The summed E-state index contributed by atoms with van der Waals surface area (Å²) in [5.74, 6) is 0.436. The van der Waals surface area contributed by atoms with Crippen LogP contribution in [0.1, 0.15) is 61.8 Å². The minimum Gasteiger partial charge on any atom is -0.329 e. The van der Waals surface area contributed by atoms with Crippen molar-refractivity contribution in [3.63, 3.8) is 0 Å². The van der Waals surface area contributed by atoms with E-state index in [9.17, 15) is 9.59 Å². The largest absolute Gasteiger partial charge is 0.329 e. The number of nitrogens with zero attached hydrogens (tertiary/aromatic N) is 3. The van der Waals surface area contributed by atoms with Crippen LogP contribution in [0.4, 0.5) is 5.82 Å². The summed E-state index contributed by atoms with van der Waals surface area (Å²) in [7, 11) is 0. The molecule has 0 unspecified atom stereocenters. The topological polar surface area (TPSA) is 67.2 Å². The Bertz CT molecular complexity index is 1170. The van der Waals surface area contributed by atoms with Gasteiger partial charge in [0.25, 0.3) is 5.91 Å². The maximum atomic E-state index is 13.3. The van der Waals surface area contributed by atoms with Crippen LogP contribution in [0.3, 0.4) is 0 Å². The molecule has 34 heavy (non-hydrogen) atoms. The number of amides is 2. The zero-order valence-corrected chi connectivity index (χ0v) is 21.3. The minimum absolute atomic E-state index is 0.0326. The highest BCUT2D eigenvalue weighted by molar-refractivity contribution is 6.00. The van der Waals surface area contributed by atoms with Gasteiger partial charge in [-0.3, -0.25) is 9.59 Å². The highest BCUT2D eigenvalue weighted by atomic mass is 16.2.